The van der Waals surface area contributed by atoms with Gasteiger partial charge in [-0.3, -0.25) is 4.79 Å². The molecule has 0 saturated heterocycles. The number of carbonyl (C=O) groups is 2. The Kier molecular flexibility index (Phi) is 6.81. The standard InChI is InChI=1S/C16H19F4N3O4/c17-14(18)16(19,20)8-27-12-6-5-11(7-21-12)23-15(26)22-10-3-1-9(2-4-10)13(24)25/h5-7,9-10,14H,1-4,8H2,(H,24,25)(H2,22,23,26). The van der Waals surface area contributed by atoms with Crippen molar-refractivity contribution < 1.29 is 37.0 Å². The molecule has 2 rings (SSSR count). The van der Waals surface area contributed by atoms with Crippen molar-refractivity contribution in [1.82, 2.24) is 10.3 Å². The van der Waals surface area contributed by atoms with Crippen molar-refractivity contribution in [3.63, 3.8) is 0 Å². The molecular weight excluding hydrogens is 374 g/mol. The molecule has 2 amide bonds. The summed E-state index contributed by atoms with van der Waals surface area (Å²) < 4.78 is 54.2. The zero-order valence-electron chi connectivity index (χ0n) is 14.1. The first-order valence-electron chi connectivity index (χ1n) is 8.22. The van der Waals surface area contributed by atoms with E-state index in [-0.39, 0.29) is 23.5 Å². The lowest BCUT2D eigenvalue weighted by molar-refractivity contribution is -0.148. The number of pyridine rings is 1. The number of anilines is 1. The van der Waals surface area contributed by atoms with Crippen LogP contribution in [0.15, 0.2) is 18.3 Å². The maximum Gasteiger partial charge on any atom is 0.340 e. The van der Waals surface area contributed by atoms with Gasteiger partial charge in [-0.05, 0) is 31.7 Å². The molecule has 0 aromatic carbocycles. The summed E-state index contributed by atoms with van der Waals surface area (Å²) >= 11 is 0. The number of ether oxygens (including phenoxy) is 1. The maximum absolute atomic E-state index is 12.8. The number of nitrogens with one attached hydrogen (secondary N) is 2. The van der Waals surface area contributed by atoms with Crippen molar-refractivity contribution in [2.45, 2.75) is 44.1 Å². The van der Waals surface area contributed by atoms with E-state index in [0.29, 0.717) is 25.7 Å². The fraction of sp³-hybridized carbons (Fsp3) is 0.562. The number of alkyl halides is 4. The van der Waals surface area contributed by atoms with Gasteiger partial charge in [-0.2, -0.15) is 8.78 Å². The second kappa shape index (κ2) is 8.87. The first kappa shape index (κ1) is 20.7. The first-order chi connectivity index (χ1) is 12.7. The summed E-state index contributed by atoms with van der Waals surface area (Å²) in [7, 11) is 0. The van der Waals surface area contributed by atoms with E-state index >= 15 is 0 Å². The number of amides is 2. The molecule has 1 aromatic rings. The molecule has 0 aliphatic heterocycles. The summed E-state index contributed by atoms with van der Waals surface area (Å²) in [4.78, 5) is 26.5. The third-order valence-electron chi connectivity index (χ3n) is 4.14. The van der Waals surface area contributed by atoms with Gasteiger partial charge in [-0.1, -0.05) is 0 Å². The van der Waals surface area contributed by atoms with Crippen LogP contribution in [-0.2, 0) is 4.79 Å². The van der Waals surface area contributed by atoms with Crippen LogP contribution in [0.2, 0.25) is 0 Å². The molecule has 1 aliphatic carbocycles. The Morgan fingerprint density at radius 3 is 2.44 bits per heavy atom. The van der Waals surface area contributed by atoms with Crippen LogP contribution in [0.25, 0.3) is 0 Å². The first-order valence-corrected chi connectivity index (χ1v) is 8.22. The van der Waals surface area contributed by atoms with E-state index in [0.717, 1.165) is 12.3 Å². The van der Waals surface area contributed by atoms with Crippen LogP contribution < -0.4 is 15.4 Å². The van der Waals surface area contributed by atoms with Crippen molar-refractivity contribution in [2.24, 2.45) is 5.92 Å². The van der Waals surface area contributed by atoms with Gasteiger partial charge >= 0.3 is 24.3 Å². The molecule has 3 N–H and O–H groups in total. The number of hydrogen-bond acceptors (Lipinski definition) is 4. The Morgan fingerprint density at radius 1 is 1.26 bits per heavy atom. The minimum atomic E-state index is -4.28. The van der Waals surface area contributed by atoms with Gasteiger partial charge in [0.05, 0.1) is 17.8 Å². The lowest BCUT2D eigenvalue weighted by Crippen LogP contribution is -2.41. The number of urea groups is 1. The Hall–Kier alpha value is -2.59. The summed E-state index contributed by atoms with van der Waals surface area (Å²) in [5.41, 5.74) is 0.250. The lowest BCUT2D eigenvalue weighted by atomic mass is 9.86. The molecule has 0 atom stereocenters. The molecule has 1 saturated carbocycles. The van der Waals surface area contributed by atoms with Gasteiger partial charge < -0.3 is 20.5 Å². The van der Waals surface area contributed by atoms with Crippen molar-refractivity contribution in [3.8, 4) is 5.88 Å². The molecule has 1 fully saturated rings. The normalized spacial score (nSPS) is 20.2. The molecule has 150 valence electrons. The number of hydrogen-bond donors (Lipinski definition) is 3. The third kappa shape index (κ3) is 6.26. The quantitative estimate of drug-likeness (QED) is 0.618. The summed E-state index contributed by atoms with van der Waals surface area (Å²) in [5, 5.41) is 14.1. The number of halogens is 4. The minimum absolute atomic E-state index is 0.146. The number of carbonyl (C=O) groups excluding carboxylic acids is 1. The van der Waals surface area contributed by atoms with E-state index < -0.39 is 31.0 Å². The Morgan fingerprint density at radius 2 is 1.93 bits per heavy atom. The summed E-state index contributed by atoms with van der Waals surface area (Å²) in [6, 6.07) is 1.82. The number of aromatic nitrogens is 1. The average Bonchev–Trinajstić information content (AvgIpc) is 2.61. The average molecular weight is 393 g/mol. The summed E-state index contributed by atoms with van der Waals surface area (Å²) in [6.45, 7) is -1.51. The van der Waals surface area contributed by atoms with Crippen LogP contribution in [0, 0.1) is 5.92 Å². The molecule has 0 radical (unpaired) electrons. The highest BCUT2D eigenvalue weighted by atomic mass is 19.3. The number of aliphatic carboxylic acids is 1. The van der Waals surface area contributed by atoms with Crippen LogP contribution >= 0.6 is 0 Å². The minimum Gasteiger partial charge on any atom is -0.481 e. The lowest BCUT2D eigenvalue weighted by Gasteiger charge is -2.26. The SMILES string of the molecule is O=C(Nc1ccc(OCC(F)(F)C(F)F)nc1)NC1CCC(C(=O)O)CC1. The van der Waals surface area contributed by atoms with E-state index in [2.05, 4.69) is 20.4 Å². The van der Waals surface area contributed by atoms with E-state index in [9.17, 15) is 27.2 Å². The Labute approximate surface area is 152 Å². The van der Waals surface area contributed by atoms with Crippen LogP contribution in [0.5, 0.6) is 5.88 Å². The number of carboxylic acids is 1. The van der Waals surface area contributed by atoms with E-state index in [1.807, 2.05) is 0 Å². The van der Waals surface area contributed by atoms with Crippen molar-refractivity contribution in [3.05, 3.63) is 18.3 Å². The molecule has 0 unspecified atom stereocenters. The van der Waals surface area contributed by atoms with Crippen LogP contribution in [0.1, 0.15) is 25.7 Å². The second-order valence-electron chi connectivity index (χ2n) is 6.22. The van der Waals surface area contributed by atoms with E-state index in [1.54, 1.807) is 0 Å². The fourth-order valence-electron chi connectivity index (χ4n) is 2.61. The molecule has 0 spiro atoms. The Balaban J connectivity index is 1.77. The molecule has 1 heterocycles. The molecule has 1 aromatic heterocycles. The zero-order valence-corrected chi connectivity index (χ0v) is 14.1. The molecule has 7 nitrogen and oxygen atoms in total. The predicted molar refractivity (Wildman–Crippen MR) is 86.2 cm³/mol. The number of nitrogens with zero attached hydrogens (tertiary/aromatic N) is 1. The molecule has 27 heavy (non-hydrogen) atoms. The van der Waals surface area contributed by atoms with Gasteiger partial charge in [0, 0.05) is 12.1 Å². The third-order valence-corrected chi connectivity index (χ3v) is 4.14. The van der Waals surface area contributed by atoms with Crippen molar-refractivity contribution >= 4 is 17.7 Å². The number of carboxylic acid groups (broad SMARTS) is 1. The maximum atomic E-state index is 12.8. The van der Waals surface area contributed by atoms with Gasteiger partial charge in [-0.15, -0.1) is 0 Å². The van der Waals surface area contributed by atoms with E-state index in [4.69, 9.17) is 5.11 Å². The van der Waals surface area contributed by atoms with Crippen LogP contribution in [-0.4, -0.2) is 47.1 Å². The highest BCUT2D eigenvalue weighted by Crippen LogP contribution is 2.25. The topological polar surface area (TPSA) is 101 Å². The molecular formula is C16H19F4N3O4. The largest absolute Gasteiger partial charge is 0.481 e. The van der Waals surface area contributed by atoms with Crippen LogP contribution in [0.3, 0.4) is 0 Å². The van der Waals surface area contributed by atoms with Crippen molar-refractivity contribution in [1.29, 1.82) is 0 Å². The van der Waals surface area contributed by atoms with Gasteiger partial charge in [0.25, 0.3) is 0 Å². The monoisotopic (exact) mass is 393 g/mol. The highest BCUT2D eigenvalue weighted by molar-refractivity contribution is 5.89. The predicted octanol–water partition coefficient (Wildman–Crippen LogP) is 3.13. The molecule has 1 aliphatic rings. The van der Waals surface area contributed by atoms with E-state index in [1.165, 1.54) is 6.07 Å². The van der Waals surface area contributed by atoms with Crippen molar-refractivity contribution in [2.75, 3.05) is 11.9 Å². The van der Waals surface area contributed by atoms with Gasteiger partial charge in [0.1, 0.15) is 0 Å². The smallest absolute Gasteiger partial charge is 0.340 e. The van der Waals surface area contributed by atoms with Crippen LogP contribution in [0.4, 0.5) is 28.0 Å². The zero-order chi connectivity index (χ0) is 20.0. The van der Waals surface area contributed by atoms with Gasteiger partial charge in [0.15, 0.2) is 6.61 Å². The molecule has 11 heteroatoms. The Bertz CT molecular complexity index is 650. The highest BCUT2D eigenvalue weighted by Gasteiger charge is 2.41. The number of rotatable bonds is 7. The summed E-state index contributed by atoms with van der Waals surface area (Å²) in [5.74, 6) is -5.79. The van der Waals surface area contributed by atoms with Gasteiger partial charge in [-0.25, -0.2) is 18.6 Å². The van der Waals surface area contributed by atoms with Gasteiger partial charge in [0.2, 0.25) is 5.88 Å². The second-order valence-corrected chi connectivity index (χ2v) is 6.22. The molecule has 0 bridgehead atoms. The summed E-state index contributed by atoms with van der Waals surface area (Å²) in [6.07, 6.45) is -0.639. The fourth-order valence-corrected chi connectivity index (χ4v) is 2.61.